The smallest absolute Gasteiger partial charge is 0.331 e. The number of barbiturate groups is 1. The monoisotopic (exact) mass is 330 g/mol. The Bertz CT molecular complexity index is 836. The lowest BCUT2D eigenvalue weighted by Crippen LogP contribution is -2.52. The molecule has 1 saturated heterocycles. The third kappa shape index (κ3) is 2.89. The van der Waals surface area contributed by atoms with Gasteiger partial charge in [0.1, 0.15) is 17.1 Å². The van der Waals surface area contributed by atoms with Gasteiger partial charge in [0.2, 0.25) is 0 Å². The summed E-state index contributed by atoms with van der Waals surface area (Å²) in [5, 5.41) is 2.69. The summed E-state index contributed by atoms with van der Waals surface area (Å²) in [6.07, 6.45) is 1.31. The number of imide groups is 2. The number of urea groups is 1. The molecule has 1 N–H and O–H groups in total. The Morgan fingerprint density at radius 1 is 1.09 bits per heavy atom. The van der Waals surface area contributed by atoms with Crippen molar-refractivity contribution in [2.24, 2.45) is 0 Å². The van der Waals surface area contributed by atoms with Crippen LogP contribution in [0.1, 0.15) is 5.76 Å². The molecule has 4 amide bonds. The predicted molar refractivity (Wildman–Crippen MR) is 83.4 cm³/mol. The molecule has 1 aromatic heterocycles. The van der Waals surface area contributed by atoms with Crippen LogP contribution in [-0.4, -0.2) is 29.8 Å². The molecule has 3 rings (SSSR count). The molecular weight excluding hydrogens is 320 g/mol. The first-order valence-electron chi connectivity index (χ1n) is 6.66. The molecule has 7 heteroatoms. The molecular formula is C16H11ClN2O4. The number of amides is 4. The van der Waals surface area contributed by atoms with Gasteiger partial charge in [0.15, 0.2) is 0 Å². The van der Waals surface area contributed by atoms with Gasteiger partial charge in [-0.2, -0.15) is 0 Å². The highest BCUT2D eigenvalue weighted by Crippen LogP contribution is 2.25. The van der Waals surface area contributed by atoms with E-state index in [0.717, 1.165) is 10.5 Å². The summed E-state index contributed by atoms with van der Waals surface area (Å²) >= 11 is 5.84. The van der Waals surface area contributed by atoms with Gasteiger partial charge in [-0.3, -0.25) is 19.8 Å². The van der Waals surface area contributed by atoms with E-state index in [0.29, 0.717) is 16.5 Å². The lowest BCUT2D eigenvalue weighted by atomic mass is 10.1. The number of hydrogen-bond acceptors (Lipinski definition) is 4. The number of carbonyl (C=O) groups excluding carboxylic acids is 3. The van der Waals surface area contributed by atoms with Gasteiger partial charge in [-0.05, 0) is 42.5 Å². The van der Waals surface area contributed by atoms with Gasteiger partial charge in [-0.15, -0.1) is 0 Å². The Morgan fingerprint density at radius 2 is 1.78 bits per heavy atom. The van der Waals surface area contributed by atoms with Gasteiger partial charge in [-0.25, -0.2) is 4.79 Å². The van der Waals surface area contributed by atoms with Crippen molar-refractivity contribution in [2.45, 2.75) is 0 Å². The van der Waals surface area contributed by atoms with Crippen LogP contribution < -0.4 is 5.32 Å². The number of benzene rings is 1. The van der Waals surface area contributed by atoms with E-state index in [9.17, 15) is 14.4 Å². The number of halogens is 1. The molecule has 1 aliphatic rings. The molecule has 1 fully saturated rings. The van der Waals surface area contributed by atoms with Gasteiger partial charge in [-0.1, -0.05) is 11.6 Å². The van der Waals surface area contributed by atoms with Crippen molar-refractivity contribution >= 4 is 35.5 Å². The van der Waals surface area contributed by atoms with E-state index < -0.39 is 17.8 Å². The fourth-order valence-electron chi connectivity index (χ4n) is 2.09. The summed E-state index contributed by atoms with van der Waals surface area (Å²) in [5.41, 5.74) is 0.648. The maximum atomic E-state index is 12.0. The van der Waals surface area contributed by atoms with Crippen LogP contribution in [0.5, 0.6) is 0 Å². The minimum absolute atomic E-state index is 0.163. The van der Waals surface area contributed by atoms with Gasteiger partial charge in [0, 0.05) is 17.6 Å². The van der Waals surface area contributed by atoms with E-state index in [-0.39, 0.29) is 5.57 Å². The fourth-order valence-corrected chi connectivity index (χ4v) is 2.21. The van der Waals surface area contributed by atoms with Crippen LogP contribution in [0.2, 0.25) is 5.02 Å². The van der Waals surface area contributed by atoms with E-state index in [4.69, 9.17) is 16.0 Å². The van der Waals surface area contributed by atoms with Gasteiger partial charge < -0.3 is 4.42 Å². The molecule has 0 radical (unpaired) electrons. The Kier molecular flexibility index (Phi) is 3.75. The normalized spacial score (nSPS) is 16.9. The van der Waals surface area contributed by atoms with Crippen LogP contribution in [0, 0.1) is 0 Å². The van der Waals surface area contributed by atoms with Crippen LogP contribution in [0.15, 0.2) is 46.4 Å². The lowest BCUT2D eigenvalue weighted by molar-refractivity contribution is -0.129. The number of nitrogens with zero attached hydrogens (tertiary/aromatic N) is 1. The highest BCUT2D eigenvalue weighted by Gasteiger charge is 2.33. The molecule has 2 heterocycles. The number of rotatable bonds is 2. The largest absolute Gasteiger partial charge is 0.457 e. The van der Waals surface area contributed by atoms with Crippen LogP contribution in [0.3, 0.4) is 0 Å². The number of carbonyl (C=O) groups is 3. The number of furan rings is 1. The van der Waals surface area contributed by atoms with Crippen molar-refractivity contribution in [2.75, 3.05) is 7.05 Å². The number of nitrogens with one attached hydrogen (secondary N) is 1. The molecule has 0 saturated carbocycles. The zero-order valence-electron chi connectivity index (χ0n) is 12.0. The predicted octanol–water partition coefficient (Wildman–Crippen LogP) is 2.69. The Morgan fingerprint density at radius 3 is 2.48 bits per heavy atom. The third-order valence-corrected chi connectivity index (χ3v) is 3.60. The van der Waals surface area contributed by atoms with E-state index in [1.54, 1.807) is 36.4 Å². The molecule has 6 nitrogen and oxygen atoms in total. The second-order valence-electron chi connectivity index (χ2n) is 4.89. The van der Waals surface area contributed by atoms with Crippen molar-refractivity contribution in [3.63, 3.8) is 0 Å². The molecule has 0 bridgehead atoms. The fraction of sp³-hybridized carbons (Fsp3) is 0.0625. The maximum Gasteiger partial charge on any atom is 0.331 e. The minimum atomic E-state index is -0.751. The molecule has 1 aliphatic heterocycles. The van der Waals surface area contributed by atoms with E-state index >= 15 is 0 Å². The standard InChI is InChI=1S/C16H11ClN2O4/c1-19-15(21)12(14(20)18-16(19)22)8-11-6-7-13(23-11)9-2-4-10(17)5-3-9/h2-8H,1H3,(H,18,20,22)/b12-8-. The van der Waals surface area contributed by atoms with E-state index in [1.807, 2.05) is 0 Å². The number of likely N-dealkylation sites (N-methyl/N-ethyl adjacent to an activating group) is 1. The third-order valence-electron chi connectivity index (χ3n) is 3.35. The molecule has 0 aliphatic carbocycles. The van der Waals surface area contributed by atoms with Crippen molar-refractivity contribution in [1.29, 1.82) is 0 Å². The topological polar surface area (TPSA) is 79.6 Å². The number of hydrogen-bond donors (Lipinski definition) is 1. The molecule has 0 spiro atoms. The second kappa shape index (κ2) is 5.73. The van der Waals surface area contributed by atoms with Crippen molar-refractivity contribution in [3.05, 3.63) is 52.8 Å². The van der Waals surface area contributed by atoms with Crippen LogP contribution in [-0.2, 0) is 9.59 Å². The molecule has 2 aromatic rings. The summed E-state index contributed by atoms with van der Waals surface area (Å²) < 4.78 is 5.62. The molecule has 23 heavy (non-hydrogen) atoms. The zero-order chi connectivity index (χ0) is 16.6. The van der Waals surface area contributed by atoms with E-state index in [2.05, 4.69) is 5.32 Å². The SMILES string of the molecule is CN1C(=O)NC(=O)/C(=C/c2ccc(-c3ccc(Cl)cc3)o2)C1=O. The second-order valence-corrected chi connectivity index (χ2v) is 5.33. The van der Waals surface area contributed by atoms with E-state index in [1.165, 1.54) is 13.1 Å². The summed E-state index contributed by atoms with van der Waals surface area (Å²) in [6.45, 7) is 0. The van der Waals surface area contributed by atoms with Crippen LogP contribution in [0.25, 0.3) is 17.4 Å². The Hall–Kier alpha value is -2.86. The molecule has 0 unspecified atom stereocenters. The van der Waals surface area contributed by atoms with Crippen LogP contribution >= 0.6 is 11.6 Å². The van der Waals surface area contributed by atoms with Gasteiger partial charge in [0.05, 0.1) is 0 Å². The van der Waals surface area contributed by atoms with Crippen molar-refractivity contribution in [3.8, 4) is 11.3 Å². The summed E-state index contributed by atoms with van der Waals surface area (Å²) in [5.74, 6) is -0.524. The lowest BCUT2D eigenvalue weighted by Gasteiger charge is -2.21. The average Bonchev–Trinajstić information content (AvgIpc) is 2.99. The minimum Gasteiger partial charge on any atom is -0.457 e. The summed E-state index contributed by atoms with van der Waals surface area (Å²) in [4.78, 5) is 35.9. The Balaban J connectivity index is 1.91. The van der Waals surface area contributed by atoms with Crippen molar-refractivity contribution < 1.29 is 18.8 Å². The van der Waals surface area contributed by atoms with Crippen LogP contribution in [0.4, 0.5) is 4.79 Å². The Labute approximate surface area is 136 Å². The highest BCUT2D eigenvalue weighted by molar-refractivity contribution is 6.31. The molecule has 0 atom stereocenters. The first kappa shape index (κ1) is 15.1. The summed E-state index contributed by atoms with van der Waals surface area (Å²) in [6, 6.07) is 9.65. The quantitative estimate of drug-likeness (QED) is 0.678. The van der Waals surface area contributed by atoms with Gasteiger partial charge >= 0.3 is 6.03 Å². The average molecular weight is 331 g/mol. The molecule has 116 valence electrons. The molecule has 1 aromatic carbocycles. The first-order chi connectivity index (χ1) is 11.0. The zero-order valence-corrected chi connectivity index (χ0v) is 12.8. The highest BCUT2D eigenvalue weighted by atomic mass is 35.5. The summed E-state index contributed by atoms with van der Waals surface area (Å²) in [7, 11) is 1.29. The first-order valence-corrected chi connectivity index (χ1v) is 7.04. The van der Waals surface area contributed by atoms with Crippen molar-refractivity contribution in [1.82, 2.24) is 10.2 Å². The maximum absolute atomic E-state index is 12.0. The van der Waals surface area contributed by atoms with Gasteiger partial charge in [0.25, 0.3) is 11.8 Å².